The van der Waals surface area contributed by atoms with Crippen molar-refractivity contribution in [3.63, 3.8) is 0 Å². The van der Waals surface area contributed by atoms with Gasteiger partial charge >= 0.3 is 12.0 Å². The molecule has 2 fully saturated rings. The van der Waals surface area contributed by atoms with Gasteiger partial charge in [0.2, 0.25) is 0 Å². The molecular formula is C25H28N4O5. The molecular weight excluding hydrogens is 436 g/mol. The summed E-state index contributed by atoms with van der Waals surface area (Å²) in [5, 5.41) is 4.14. The fourth-order valence-electron chi connectivity index (χ4n) is 5.37. The van der Waals surface area contributed by atoms with Crippen molar-refractivity contribution in [2.24, 2.45) is 5.92 Å². The lowest BCUT2D eigenvalue weighted by Gasteiger charge is -2.30. The molecule has 34 heavy (non-hydrogen) atoms. The number of para-hydroxylation sites is 1. The second kappa shape index (κ2) is 8.70. The number of carbonyl (C=O) groups is 4. The summed E-state index contributed by atoms with van der Waals surface area (Å²) in [6.07, 6.45) is 6.31. The highest BCUT2D eigenvalue weighted by Crippen LogP contribution is 2.33. The van der Waals surface area contributed by atoms with E-state index in [1.807, 2.05) is 24.3 Å². The van der Waals surface area contributed by atoms with Crippen molar-refractivity contribution in [2.45, 2.75) is 63.8 Å². The highest BCUT2D eigenvalue weighted by molar-refractivity contribution is 6.08. The van der Waals surface area contributed by atoms with E-state index in [4.69, 9.17) is 9.72 Å². The molecule has 1 aromatic carbocycles. The zero-order valence-electron chi connectivity index (χ0n) is 19.2. The maximum Gasteiger partial charge on any atom is 0.344 e. The predicted octanol–water partition coefficient (Wildman–Crippen LogP) is 2.80. The lowest BCUT2D eigenvalue weighted by molar-refractivity contribution is -0.140. The number of aryl methyl sites for hydroxylation is 1. The Kier molecular flexibility index (Phi) is 5.71. The van der Waals surface area contributed by atoms with Crippen LogP contribution in [0.2, 0.25) is 0 Å². The Hall–Kier alpha value is -3.49. The first-order valence-electron chi connectivity index (χ1n) is 11.9. The van der Waals surface area contributed by atoms with Gasteiger partial charge in [0.25, 0.3) is 11.8 Å². The number of nitrogens with zero attached hydrogens (tertiary/aromatic N) is 2. The number of carbonyl (C=O) groups excluding carboxylic acids is 4. The number of hydrogen-bond acceptors (Lipinski definition) is 6. The molecule has 1 spiro atoms. The minimum Gasteiger partial charge on any atom is -0.452 e. The van der Waals surface area contributed by atoms with E-state index in [1.54, 1.807) is 0 Å². The number of hydrazine groups is 1. The van der Waals surface area contributed by atoms with Gasteiger partial charge in [-0.3, -0.25) is 20.0 Å². The van der Waals surface area contributed by atoms with Crippen molar-refractivity contribution in [1.82, 2.24) is 20.7 Å². The van der Waals surface area contributed by atoms with Gasteiger partial charge in [0, 0.05) is 11.1 Å². The van der Waals surface area contributed by atoms with Crippen molar-refractivity contribution in [2.75, 3.05) is 6.61 Å². The zero-order chi connectivity index (χ0) is 23.9. The Labute approximate surface area is 197 Å². The maximum atomic E-state index is 13.2. The summed E-state index contributed by atoms with van der Waals surface area (Å²) in [5.74, 6) is -1.40. The molecule has 1 saturated carbocycles. The van der Waals surface area contributed by atoms with Gasteiger partial charge in [-0.15, -0.1) is 0 Å². The van der Waals surface area contributed by atoms with Gasteiger partial charge in [-0.1, -0.05) is 44.4 Å². The number of pyridine rings is 1. The molecule has 1 aliphatic heterocycles. The molecule has 1 saturated heterocycles. The standard InChI is InChI=1S/C25H28N4O5/c1-15-9-10-19-17(13-15)21(16-7-3-4-8-18(16)26-19)22(31)34-14-20(30)28-29-23(32)25(27-24(29)33)11-5-2-6-12-25/h3-4,7-8,15H,2,5-6,9-14H2,1H3,(H,27,33)(H,28,30)/t15-/m1/s1. The number of esters is 1. The number of hydrogen-bond donors (Lipinski definition) is 2. The fourth-order valence-corrected chi connectivity index (χ4v) is 5.37. The normalized spacial score (nSPS) is 21.3. The SMILES string of the molecule is C[C@@H]1CCc2nc3ccccc3c(C(=O)OCC(=O)NN3C(=O)NC4(CCCCC4)C3=O)c2C1. The van der Waals surface area contributed by atoms with Gasteiger partial charge in [0.15, 0.2) is 6.61 Å². The Morgan fingerprint density at radius 3 is 2.76 bits per heavy atom. The molecule has 2 aliphatic carbocycles. The third kappa shape index (κ3) is 3.89. The number of benzene rings is 1. The first-order chi connectivity index (χ1) is 16.4. The van der Waals surface area contributed by atoms with Gasteiger partial charge in [-0.25, -0.2) is 9.59 Å². The Morgan fingerprint density at radius 1 is 1.21 bits per heavy atom. The summed E-state index contributed by atoms with van der Waals surface area (Å²) >= 11 is 0. The maximum absolute atomic E-state index is 13.2. The van der Waals surface area contributed by atoms with Crippen LogP contribution in [0.1, 0.15) is 67.1 Å². The van der Waals surface area contributed by atoms with Crippen molar-refractivity contribution in [3.8, 4) is 0 Å². The quantitative estimate of drug-likeness (QED) is 0.531. The van der Waals surface area contributed by atoms with E-state index in [1.165, 1.54) is 0 Å². The van der Waals surface area contributed by atoms with Gasteiger partial charge < -0.3 is 10.1 Å². The highest BCUT2D eigenvalue weighted by Gasteiger charge is 2.52. The second-order valence-corrected chi connectivity index (χ2v) is 9.60. The molecule has 178 valence electrons. The van der Waals surface area contributed by atoms with Gasteiger partial charge in [-0.05, 0) is 49.7 Å². The number of rotatable bonds is 4. The van der Waals surface area contributed by atoms with E-state index in [-0.39, 0.29) is 0 Å². The molecule has 0 radical (unpaired) electrons. The van der Waals surface area contributed by atoms with Crippen LogP contribution in [0.25, 0.3) is 10.9 Å². The second-order valence-electron chi connectivity index (χ2n) is 9.60. The average molecular weight is 465 g/mol. The summed E-state index contributed by atoms with van der Waals surface area (Å²) in [7, 11) is 0. The number of urea groups is 1. The number of imide groups is 1. The van der Waals surface area contributed by atoms with E-state index in [0.29, 0.717) is 46.7 Å². The smallest absolute Gasteiger partial charge is 0.344 e. The summed E-state index contributed by atoms with van der Waals surface area (Å²) < 4.78 is 5.37. The lowest BCUT2D eigenvalue weighted by atomic mass is 9.82. The minimum absolute atomic E-state index is 0.414. The summed E-state index contributed by atoms with van der Waals surface area (Å²) in [4.78, 5) is 55.6. The van der Waals surface area contributed by atoms with Crippen molar-refractivity contribution in [3.05, 3.63) is 41.1 Å². The van der Waals surface area contributed by atoms with Crippen LogP contribution in [-0.2, 0) is 27.2 Å². The Bertz CT molecular complexity index is 1190. The molecule has 9 nitrogen and oxygen atoms in total. The number of aromatic nitrogens is 1. The summed E-state index contributed by atoms with van der Waals surface area (Å²) in [6, 6.07) is 6.73. The Balaban J connectivity index is 1.30. The largest absolute Gasteiger partial charge is 0.452 e. The molecule has 9 heteroatoms. The van der Waals surface area contributed by atoms with E-state index in [9.17, 15) is 19.2 Å². The van der Waals surface area contributed by atoms with Crippen LogP contribution in [0.4, 0.5) is 4.79 Å². The van der Waals surface area contributed by atoms with E-state index in [0.717, 1.165) is 43.4 Å². The first kappa shape index (κ1) is 22.3. The van der Waals surface area contributed by atoms with Crippen molar-refractivity contribution in [1.29, 1.82) is 0 Å². The van der Waals surface area contributed by atoms with Crippen LogP contribution in [0, 0.1) is 5.92 Å². The molecule has 1 atom stereocenters. The molecule has 2 heterocycles. The molecule has 2 N–H and O–H groups in total. The van der Waals surface area contributed by atoms with E-state index < -0.39 is 36.0 Å². The van der Waals surface area contributed by atoms with Gasteiger partial charge in [0.1, 0.15) is 5.54 Å². The molecule has 0 unspecified atom stereocenters. The molecule has 5 rings (SSSR count). The van der Waals surface area contributed by atoms with Crippen LogP contribution < -0.4 is 10.7 Å². The third-order valence-corrected chi connectivity index (χ3v) is 7.15. The monoisotopic (exact) mass is 464 g/mol. The van der Waals surface area contributed by atoms with Crippen LogP contribution in [0.5, 0.6) is 0 Å². The molecule has 2 aromatic rings. The third-order valence-electron chi connectivity index (χ3n) is 7.15. The molecule has 0 bridgehead atoms. The lowest BCUT2D eigenvalue weighted by Crippen LogP contribution is -2.51. The highest BCUT2D eigenvalue weighted by atomic mass is 16.5. The minimum atomic E-state index is -0.939. The van der Waals surface area contributed by atoms with E-state index in [2.05, 4.69) is 17.7 Å². The Morgan fingerprint density at radius 2 is 1.97 bits per heavy atom. The van der Waals surface area contributed by atoms with E-state index >= 15 is 0 Å². The van der Waals surface area contributed by atoms with Crippen LogP contribution in [0.3, 0.4) is 0 Å². The van der Waals surface area contributed by atoms with Crippen molar-refractivity contribution >= 4 is 34.7 Å². The average Bonchev–Trinajstić information content (AvgIpc) is 3.05. The molecule has 4 amide bonds. The van der Waals surface area contributed by atoms with Crippen LogP contribution in [-0.4, -0.2) is 46.0 Å². The molecule has 1 aromatic heterocycles. The summed E-state index contributed by atoms with van der Waals surface area (Å²) in [6.45, 7) is 1.53. The number of nitrogens with one attached hydrogen (secondary N) is 2. The van der Waals surface area contributed by atoms with Gasteiger partial charge in [0.05, 0.1) is 11.1 Å². The summed E-state index contributed by atoms with van der Waals surface area (Å²) in [5.41, 5.74) is 4.29. The predicted molar refractivity (Wildman–Crippen MR) is 123 cm³/mol. The van der Waals surface area contributed by atoms with Gasteiger partial charge in [-0.2, -0.15) is 5.01 Å². The van der Waals surface area contributed by atoms with Crippen LogP contribution >= 0.6 is 0 Å². The van der Waals surface area contributed by atoms with Crippen molar-refractivity contribution < 1.29 is 23.9 Å². The number of fused-ring (bicyclic) bond motifs is 2. The number of amides is 4. The number of ether oxygens (including phenoxy) is 1. The fraction of sp³-hybridized carbons (Fsp3) is 0.480. The first-order valence-corrected chi connectivity index (χ1v) is 11.9. The zero-order valence-corrected chi connectivity index (χ0v) is 19.2. The topological polar surface area (TPSA) is 118 Å². The van der Waals surface area contributed by atoms with Crippen LogP contribution in [0.15, 0.2) is 24.3 Å². The molecule has 3 aliphatic rings.